The molecule has 1 aromatic heterocycles. The van der Waals surface area contributed by atoms with Crippen LogP contribution in [0, 0.1) is 0 Å². The van der Waals surface area contributed by atoms with Crippen LogP contribution in [0.1, 0.15) is 18.2 Å². The van der Waals surface area contributed by atoms with Crippen LogP contribution < -0.4 is 0 Å². The summed E-state index contributed by atoms with van der Waals surface area (Å²) in [7, 11) is 1.81. The highest BCUT2D eigenvalue weighted by atomic mass is 35.5. The zero-order valence-electron chi connectivity index (χ0n) is 10.5. The first kappa shape index (κ1) is 13.1. The maximum Gasteiger partial charge on any atom is 0.0855 e. The van der Waals surface area contributed by atoms with E-state index in [0.29, 0.717) is 17.9 Å². The van der Waals surface area contributed by atoms with E-state index in [9.17, 15) is 5.11 Å². The number of rotatable bonds is 4. The summed E-state index contributed by atoms with van der Waals surface area (Å²) in [5.74, 6) is 0. The molecule has 2 rings (SSSR count). The highest BCUT2D eigenvalue weighted by molar-refractivity contribution is 6.30. The minimum Gasteiger partial charge on any atom is -0.389 e. The average molecular weight is 266 g/mol. The molecule has 0 bridgehead atoms. The Morgan fingerprint density at radius 3 is 2.50 bits per heavy atom. The average Bonchev–Trinajstić information content (AvgIpc) is 2.66. The number of hydrogen-bond donors (Lipinski definition) is 1. The lowest BCUT2D eigenvalue weighted by Gasteiger charge is -2.22. The Kier molecular flexibility index (Phi) is 3.68. The molecule has 0 aliphatic carbocycles. The Hall–Kier alpha value is -1.39. The van der Waals surface area contributed by atoms with Crippen molar-refractivity contribution in [1.29, 1.82) is 0 Å². The quantitative estimate of drug-likeness (QED) is 0.920. The second-order valence-electron chi connectivity index (χ2n) is 4.86. The summed E-state index contributed by atoms with van der Waals surface area (Å²) < 4.78 is 1.63. The van der Waals surface area contributed by atoms with E-state index in [2.05, 4.69) is 10.3 Å². The molecule has 0 radical (unpaired) electrons. The van der Waals surface area contributed by atoms with Gasteiger partial charge in [-0.3, -0.25) is 4.68 Å². The molecule has 0 saturated carbocycles. The summed E-state index contributed by atoms with van der Waals surface area (Å²) in [4.78, 5) is 0. The van der Waals surface area contributed by atoms with Gasteiger partial charge in [0.25, 0.3) is 0 Å². The van der Waals surface area contributed by atoms with Crippen LogP contribution in [0.3, 0.4) is 0 Å². The fourth-order valence-electron chi connectivity index (χ4n) is 1.97. The molecule has 5 heteroatoms. The maximum atomic E-state index is 10.4. The standard InChI is InChI=1S/C13H16ClN3O/c1-13(18,8-12-9-17(2)16-15-12)7-10-3-5-11(14)6-4-10/h3-6,9,18H,7-8H2,1-2H3. The Bertz CT molecular complexity index is 519. The van der Waals surface area contributed by atoms with Gasteiger partial charge in [0.05, 0.1) is 11.3 Å². The fourth-order valence-corrected chi connectivity index (χ4v) is 2.10. The number of aromatic nitrogens is 3. The number of aliphatic hydroxyl groups is 1. The molecule has 2 aromatic rings. The number of hydrogen-bond acceptors (Lipinski definition) is 3. The third kappa shape index (κ3) is 3.55. The van der Waals surface area contributed by atoms with Crippen LogP contribution in [0.4, 0.5) is 0 Å². The van der Waals surface area contributed by atoms with Gasteiger partial charge in [-0.05, 0) is 24.6 Å². The van der Waals surface area contributed by atoms with Gasteiger partial charge < -0.3 is 5.11 Å². The van der Waals surface area contributed by atoms with Crippen molar-refractivity contribution < 1.29 is 5.11 Å². The molecule has 0 aliphatic rings. The zero-order valence-corrected chi connectivity index (χ0v) is 11.2. The highest BCUT2D eigenvalue weighted by Crippen LogP contribution is 2.19. The predicted octanol–water partition coefficient (Wildman–Crippen LogP) is 2.00. The highest BCUT2D eigenvalue weighted by Gasteiger charge is 2.23. The summed E-state index contributed by atoms with van der Waals surface area (Å²) in [6.45, 7) is 1.80. The SMILES string of the molecule is Cn1cc(CC(C)(O)Cc2ccc(Cl)cc2)nn1. The molecule has 4 nitrogen and oxygen atoms in total. The first-order chi connectivity index (χ1) is 8.44. The molecule has 0 fully saturated rings. The molecule has 96 valence electrons. The predicted molar refractivity (Wildman–Crippen MR) is 70.5 cm³/mol. The van der Waals surface area contributed by atoms with Crippen LogP contribution in [0.5, 0.6) is 0 Å². The van der Waals surface area contributed by atoms with Crippen molar-refractivity contribution in [2.45, 2.75) is 25.4 Å². The van der Waals surface area contributed by atoms with E-state index in [0.717, 1.165) is 11.3 Å². The van der Waals surface area contributed by atoms with Crippen molar-refractivity contribution in [3.8, 4) is 0 Å². The van der Waals surface area contributed by atoms with E-state index in [1.54, 1.807) is 11.6 Å². The van der Waals surface area contributed by atoms with Gasteiger partial charge in [-0.1, -0.05) is 28.9 Å². The Labute approximate surface area is 111 Å². The summed E-state index contributed by atoms with van der Waals surface area (Å²) in [6.07, 6.45) is 2.85. The molecule has 0 saturated heterocycles. The van der Waals surface area contributed by atoms with Gasteiger partial charge in [-0.2, -0.15) is 0 Å². The smallest absolute Gasteiger partial charge is 0.0855 e. The Morgan fingerprint density at radius 2 is 1.94 bits per heavy atom. The number of nitrogens with zero attached hydrogens (tertiary/aromatic N) is 3. The van der Waals surface area contributed by atoms with Gasteiger partial charge in [-0.25, -0.2) is 0 Å². The lowest BCUT2D eigenvalue weighted by atomic mass is 9.92. The molecule has 18 heavy (non-hydrogen) atoms. The lowest BCUT2D eigenvalue weighted by Crippen LogP contribution is -2.30. The molecule has 1 aromatic carbocycles. The van der Waals surface area contributed by atoms with Crippen molar-refractivity contribution in [3.63, 3.8) is 0 Å². The Balaban J connectivity index is 2.04. The molecular formula is C13H16ClN3O. The van der Waals surface area contributed by atoms with E-state index in [4.69, 9.17) is 11.6 Å². The van der Waals surface area contributed by atoms with Crippen molar-refractivity contribution in [2.24, 2.45) is 7.05 Å². The number of aryl methyl sites for hydroxylation is 1. The molecule has 0 aliphatic heterocycles. The van der Waals surface area contributed by atoms with Crippen LogP contribution in [0.15, 0.2) is 30.5 Å². The summed E-state index contributed by atoms with van der Waals surface area (Å²) in [6, 6.07) is 7.51. The van der Waals surface area contributed by atoms with Gasteiger partial charge in [0.1, 0.15) is 0 Å². The number of benzene rings is 1. The van der Waals surface area contributed by atoms with Crippen molar-refractivity contribution in [1.82, 2.24) is 15.0 Å². The third-order valence-electron chi connectivity index (χ3n) is 2.71. The minimum atomic E-state index is -0.843. The van der Waals surface area contributed by atoms with Gasteiger partial charge >= 0.3 is 0 Å². The second kappa shape index (κ2) is 5.08. The largest absolute Gasteiger partial charge is 0.389 e. The van der Waals surface area contributed by atoms with Crippen LogP contribution in [0.25, 0.3) is 0 Å². The molecule has 1 N–H and O–H groups in total. The molecule has 1 heterocycles. The van der Waals surface area contributed by atoms with E-state index in [1.165, 1.54) is 0 Å². The Morgan fingerprint density at radius 1 is 1.28 bits per heavy atom. The van der Waals surface area contributed by atoms with Gasteiger partial charge in [0.2, 0.25) is 0 Å². The first-order valence-corrected chi connectivity index (χ1v) is 6.14. The third-order valence-corrected chi connectivity index (χ3v) is 2.96. The van der Waals surface area contributed by atoms with Crippen LogP contribution in [-0.4, -0.2) is 25.7 Å². The normalized spacial score (nSPS) is 14.4. The van der Waals surface area contributed by atoms with E-state index in [1.807, 2.05) is 37.5 Å². The topological polar surface area (TPSA) is 50.9 Å². The molecule has 1 atom stereocenters. The minimum absolute atomic E-state index is 0.476. The lowest BCUT2D eigenvalue weighted by molar-refractivity contribution is 0.0598. The van der Waals surface area contributed by atoms with Crippen LogP contribution in [-0.2, 0) is 19.9 Å². The number of halogens is 1. The van der Waals surface area contributed by atoms with E-state index >= 15 is 0 Å². The summed E-state index contributed by atoms with van der Waals surface area (Å²) in [5.41, 5.74) is 0.994. The van der Waals surface area contributed by atoms with Crippen molar-refractivity contribution >= 4 is 11.6 Å². The van der Waals surface area contributed by atoms with Crippen LogP contribution >= 0.6 is 11.6 Å². The monoisotopic (exact) mass is 265 g/mol. The van der Waals surface area contributed by atoms with Gasteiger partial charge in [-0.15, -0.1) is 5.10 Å². The second-order valence-corrected chi connectivity index (χ2v) is 5.30. The van der Waals surface area contributed by atoms with Crippen molar-refractivity contribution in [2.75, 3.05) is 0 Å². The molecule has 1 unspecified atom stereocenters. The summed E-state index contributed by atoms with van der Waals surface area (Å²) >= 11 is 5.83. The van der Waals surface area contributed by atoms with E-state index in [-0.39, 0.29) is 0 Å². The van der Waals surface area contributed by atoms with Crippen LogP contribution in [0.2, 0.25) is 5.02 Å². The molecule has 0 amide bonds. The maximum absolute atomic E-state index is 10.4. The first-order valence-electron chi connectivity index (χ1n) is 5.77. The summed E-state index contributed by atoms with van der Waals surface area (Å²) in [5, 5.41) is 18.9. The van der Waals surface area contributed by atoms with E-state index < -0.39 is 5.60 Å². The zero-order chi connectivity index (χ0) is 13.2. The van der Waals surface area contributed by atoms with Crippen molar-refractivity contribution in [3.05, 3.63) is 46.7 Å². The van der Waals surface area contributed by atoms with Gasteiger partial charge in [0, 0.05) is 31.1 Å². The van der Waals surface area contributed by atoms with Gasteiger partial charge in [0.15, 0.2) is 0 Å². The molecular weight excluding hydrogens is 250 g/mol. The molecule has 0 spiro atoms. The fraction of sp³-hybridized carbons (Fsp3) is 0.385.